The molecule has 81 heavy (non-hydrogen) atoms. The van der Waals surface area contributed by atoms with E-state index in [0.717, 1.165) is 83.5 Å². The van der Waals surface area contributed by atoms with Crippen LogP contribution in [-0.2, 0) is 28.6 Å². The highest BCUT2D eigenvalue weighted by atomic mass is 16.6. The Morgan fingerprint density at radius 1 is 0.247 bits per heavy atom. The molecule has 0 N–H and O–H groups in total. The highest BCUT2D eigenvalue weighted by Gasteiger charge is 2.19. The number of hydrogen-bond acceptors (Lipinski definition) is 6. The van der Waals surface area contributed by atoms with E-state index < -0.39 is 6.10 Å². The number of carbonyl (C=O) groups excluding carboxylic acids is 3. The van der Waals surface area contributed by atoms with Crippen LogP contribution in [0.3, 0.4) is 0 Å². The van der Waals surface area contributed by atoms with E-state index in [1.54, 1.807) is 0 Å². The molecule has 1 atom stereocenters. The Hall–Kier alpha value is -3.15. The first-order chi connectivity index (χ1) is 40.0. The van der Waals surface area contributed by atoms with E-state index in [9.17, 15) is 14.4 Å². The quantitative estimate of drug-likeness (QED) is 0.0261. The zero-order valence-corrected chi connectivity index (χ0v) is 54.1. The third kappa shape index (κ3) is 67.5. The summed E-state index contributed by atoms with van der Waals surface area (Å²) >= 11 is 0. The van der Waals surface area contributed by atoms with Crippen molar-refractivity contribution in [2.45, 2.75) is 374 Å². The Balaban J connectivity index is 4.25. The standard InChI is InChI=1S/C75H134O6/c1-4-7-10-13-16-19-22-25-27-29-31-33-34-35-36-37-38-39-40-42-43-45-47-50-53-56-59-62-65-68-74(77)80-71-72(70-79-73(76)67-64-61-58-55-52-49-24-21-18-15-12-9-6-3)81-75(78)69-66-63-60-57-54-51-48-46-44-41-32-30-28-26-23-20-17-14-11-8-5-2/h21-26,29-32,34-35,72H,4-20,27-28,33,36-71H2,1-3H3/b24-21-,25-22-,26-23-,31-29-,32-30-,35-34-. The molecule has 0 aromatic rings. The predicted octanol–water partition coefficient (Wildman–Crippen LogP) is 24.4. The normalized spacial score (nSPS) is 12.5. The Labute approximate surface area is 503 Å². The first-order valence-corrected chi connectivity index (χ1v) is 35.4. The van der Waals surface area contributed by atoms with Crippen molar-refractivity contribution in [3.05, 3.63) is 72.9 Å². The van der Waals surface area contributed by atoms with Gasteiger partial charge in [0.1, 0.15) is 13.2 Å². The molecular weight excluding hydrogens is 997 g/mol. The van der Waals surface area contributed by atoms with E-state index in [1.165, 1.54) is 244 Å². The summed E-state index contributed by atoms with van der Waals surface area (Å²) in [5.41, 5.74) is 0. The number of esters is 3. The number of carbonyl (C=O) groups is 3. The number of allylic oxidation sites excluding steroid dienone is 12. The molecule has 0 bridgehead atoms. The van der Waals surface area contributed by atoms with Crippen molar-refractivity contribution >= 4 is 17.9 Å². The van der Waals surface area contributed by atoms with Gasteiger partial charge in [-0.05, 0) is 116 Å². The molecule has 0 spiro atoms. The van der Waals surface area contributed by atoms with Crippen molar-refractivity contribution in [2.24, 2.45) is 0 Å². The van der Waals surface area contributed by atoms with Crippen molar-refractivity contribution in [1.29, 1.82) is 0 Å². The monoisotopic (exact) mass is 1130 g/mol. The Kier molecular flexibility index (Phi) is 66.6. The van der Waals surface area contributed by atoms with Gasteiger partial charge < -0.3 is 14.2 Å². The molecule has 0 aliphatic carbocycles. The molecular formula is C75H134O6. The van der Waals surface area contributed by atoms with Crippen LogP contribution in [-0.4, -0.2) is 37.2 Å². The fraction of sp³-hybridized carbons (Fsp3) is 0.800. The van der Waals surface area contributed by atoms with E-state index >= 15 is 0 Å². The van der Waals surface area contributed by atoms with Gasteiger partial charge >= 0.3 is 17.9 Å². The minimum atomic E-state index is -0.782. The molecule has 0 radical (unpaired) electrons. The second-order valence-corrected chi connectivity index (χ2v) is 23.8. The van der Waals surface area contributed by atoms with Crippen LogP contribution in [0.5, 0.6) is 0 Å². The lowest BCUT2D eigenvalue weighted by atomic mass is 10.0. The molecule has 0 aliphatic heterocycles. The summed E-state index contributed by atoms with van der Waals surface area (Å²) in [4.78, 5) is 38.4. The Morgan fingerprint density at radius 3 is 0.716 bits per heavy atom. The fourth-order valence-electron chi connectivity index (χ4n) is 10.3. The number of unbranched alkanes of at least 4 members (excludes halogenated alkanes) is 42. The van der Waals surface area contributed by atoms with Crippen LogP contribution < -0.4 is 0 Å². The van der Waals surface area contributed by atoms with Gasteiger partial charge in [-0.1, -0.05) is 306 Å². The van der Waals surface area contributed by atoms with Gasteiger partial charge in [-0.2, -0.15) is 0 Å². The third-order valence-corrected chi connectivity index (χ3v) is 15.7. The molecule has 0 saturated carbocycles. The SMILES string of the molecule is CCCCCC/C=C\CCCCCCCC(=O)OCC(COC(=O)CCCCCCCCCCCCCCCC/C=C\C/C=C\C/C=C\CCCCCCC)OC(=O)CCCCCCCCCCC/C=C\C/C=C\CCCCCCC. The van der Waals surface area contributed by atoms with E-state index in [4.69, 9.17) is 14.2 Å². The molecule has 0 fully saturated rings. The summed E-state index contributed by atoms with van der Waals surface area (Å²) in [7, 11) is 0. The van der Waals surface area contributed by atoms with E-state index in [1.807, 2.05) is 0 Å². The second kappa shape index (κ2) is 69.3. The summed E-state index contributed by atoms with van der Waals surface area (Å²) < 4.78 is 17.0. The van der Waals surface area contributed by atoms with Gasteiger partial charge in [0.2, 0.25) is 0 Å². The van der Waals surface area contributed by atoms with Crippen molar-refractivity contribution in [2.75, 3.05) is 13.2 Å². The lowest BCUT2D eigenvalue weighted by molar-refractivity contribution is -0.167. The fourth-order valence-corrected chi connectivity index (χ4v) is 10.3. The van der Waals surface area contributed by atoms with Gasteiger partial charge in [0.05, 0.1) is 0 Å². The lowest BCUT2D eigenvalue weighted by Gasteiger charge is -2.18. The number of ether oxygens (including phenoxy) is 3. The molecule has 0 heterocycles. The molecule has 0 amide bonds. The van der Waals surface area contributed by atoms with E-state index in [0.29, 0.717) is 19.3 Å². The molecule has 6 heteroatoms. The molecule has 0 saturated heterocycles. The summed E-state index contributed by atoms with van der Waals surface area (Å²) in [5, 5.41) is 0. The van der Waals surface area contributed by atoms with Gasteiger partial charge in [-0.25, -0.2) is 0 Å². The van der Waals surface area contributed by atoms with E-state index in [2.05, 4.69) is 93.7 Å². The summed E-state index contributed by atoms with van der Waals surface area (Å²) in [5.74, 6) is -0.872. The number of rotatable bonds is 65. The average molecular weight is 1130 g/mol. The van der Waals surface area contributed by atoms with Crippen LogP contribution in [0, 0.1) is 0 Å². The highest BCUT2D eigenvalue weighted by Crippen LogP contribution is 2.17. The van der Waals surface area contributed by atoms with Gasteiger partial charge in [0.15, 0.2) is 6.10 Å². The highest BCUT2D eigenvalue weighted by molar-refractivity contribution is 5.71. The zero-order chi connectivity index (χ0) is 58.5. The van der Waals surface area contributed by atoms with E-state index in [-0.39, 0.29) is 31.1 Å². The molecule has 0 aromatic carbocycles. The van der Waals surface area contributed by atoms with Gasteiger partial charge in [-0.3, -0.25) is 14.4 Å². The molecule has 470 valence electrons. The van der Waals surface area contributed by atoms with Gasteiger partial charge in [-0.15, -0.1) is 0 Å². The van der Waals surface area contributed by atoms with Crippen molar-refractivity contribution in [3.8, 4) is 0 Å². The molecule has 0 rings (SSSR count). The van der Waals surface area contributed by atoms with Crippen LogP contribution in [0.25, 0.3) is 0 Å². The Morgan fingerprint density at radius 2 is 0.444 bits per heavy atom. The van der Waals surface area contributed by atoms with Gasteiger partial charge in [0.25, 0.3) is 0 Å². The minimum absolute atomic E-state index is 0.0775. The number of hydrogen-bond donors (Lipinski definition) is 0. The molecule has 1 unspecified atom stereocenters. The topological polar surface area (TPSA) is 78.9 Å². The van der Waals surface area contributed by atoms with Crippen molar-refractivity contribution in [3.63, 3.8) is 0 Å². The predicted molar refractivity (Wildman–Crippen MR) is 353 cm³/mol. The lowest BCUT2D eigenvalue weighted by Crippen LogP contribution is -2.30. The first kappa shape index (κ1) is 77.9. The summed E-state index contributed by atoms with van der Waals surface area (Å²) in [6.07, 6.45) is 90.7. The van der Waals surface area contributed by atoms with Crippen LogP contribution >= 0.6 is 0 Å². The van der Waals surface area contributed by atoms with Crippen LogP contribution in [0.4, 0.5) is 0 Å². The summed E-state index contributed by atoms with van der Waals surface area (Å²) in [6.45, 7) is 6.64. The smallest absolute Gasteiger partial charge is 0.306 e. The maximum Gasteiger partial charge on any atom is 0.306 e. The largest absolute Gasteiger partial charge is 0.462 e. The molecule has 6 nitrogen and oxygen atoms in total. The van der Waals surface area contributed by atoms with Crippen LogP contribution in [0.1, 0.15) is 367 Å². The maximum atomic E-state index is 12.9. The molecule has 0 aliphatic rings. The Bertz CT molecular complexity index is 1490. The van der Waals surface area contributed by atoms with Crippen LogP contribution in [0.2, 0.25) is 0 Å². The van der Waals surface area contributed by atoms with Crippen molar-refractivity contribution < 1.29 is 28.6 Å². The molecule has 0 aromatic heterocycles. The van der Waals surface area contributed by atoms with Crippen LogP contribution in [0.15, 0.2) is 72.9 Å². The van der Waals surface area contributed by atoms with Gasteiger partial charge in [0, 0.05) is 19.3 Å². The maximum absolute atomic E-state index is 12.9. The second-order valence-electron chi connectivity index (χ2n) is 23.8. The van der Waals surface area contributed by atoms with Crippen molar-refractivity contribution in [1.82, 2.24) is 0 Å². The third-order valence-electron chi connectivity index (χ3n) is 15.7. The minimum Gasteiger partial charge on any atom is -0.462 e. The average Bonchev–Trinajstić information content (AvgIpc) is 3.46. The first-order valence-electron chi connectivity index (χ1n) is 35.4. The summed E-state index contributed by atoms with van der Waals surface area (Å²) in [6, 6.07) is 0. The zero-order valence-electron chi connectivity index (χ0n) is 54.1.